The number of piperazine rings is 1. The molecule has 0 aromatic carbocycles. The molecule has 0 saturated carbocycles. The van der Waals surface area contributed by atoms with E-state index in [0.717, 1.165) is 75.7 Å². The summed E-state index contributed by atoms with van der Waals surface area (Å²) in [6.07, 6.45) is 4.18. The number of pyridine rings is 1. The van der Waals surface area contributed by atoms with E-state index in [-0.39, 0.29) is 6.10 Å². The van der Waals surface area contributed by atoms with E-state index in [1.807, 2.05) is 18.3 Å². The van der Waals surface area contributed by atoms with Crippen molar-refractivity contribution in [2.24, 2.45) is 0 Å². The summed E-state index contributed by atoms with van der Waals surface area (Å²) < 4.78 is 8.17. The number of fused-ring (bicyclic) bond motifs is 1. The van der Waals surface area contributed by atoms with Crippen molar-refractivity contribution in [1.82, 2.24) is 24.3 Å². The minimum atomic E-state index is 0.136. The molecule has 6 heteroatoms. The first-order chi connectivity index (χ1) is 11.3. The quantitative estimate of drug-likeness (QED) is 0.856. The number of likely N-dealkylation sites (N-methyl/N-ethyl adjacent to an activating group) is 1. The molecular formula is C17H25N5O. The first-order valence-corrected chi connectivity index (χ1v) is 8.65. The molecule has 124 valence electrons. The molecule has 1 unspecified atom stereocenters. The average molecular weight is 315 g/mol. The van der Waals surface area contributed by atoms with E-state index in [1.165, 1.54) is 0 Å². The molecule has 1 atom stereocenters. The van der Waals surface area contributed by atoms with Gasteiger partial charge in [0.2, 0.25) is 0 Å². The van der Waals surface area contributed by atoms with Crippen molar-refractivity contribution < 1.29 is 4.74 Å². The third-order valence-electron chi connectivity index (χ3n) is 4.99. The summed E-state index contributed by atoms with van der Waals surface area (Å²) in [6.45, 7) is 7.43. The molecule has 6 nitrogen and oxygen atoms in total. The van der Waals surface area contributed by atoms with Crippen molar-refractivity contribution in [2.75, 3.05) is 46.4 Å². The summed E-state index contributed by atoms with van der Waals surface area (Å²) in [5.74, 6) is 1.06. The minimum absolute atomic E-state index is 0.136. The van der Waals surface area contributed by atoms with Gasteiger partial charge in [-0.05, 0) is 32.0 Å². The number of aromatic nitrogens is 3. The molecule has 2 fully saturated rings. The number of nitrogens with zero attached hydrogens (tertiary/aromatic N) is 5. The maximum absolute atomic E-state index is 5.88. The van der Waals surface area contributed by atoms with Gasteiger partial charge in [-0.3, -0.25) is 4.90 Å². The van der Waals surface area contributed by atoms with Crippen LogP contribution in [0.3, 0.4) is 0 Å². The number of hydrogen-bond donors (Lipinski definition) is 0. The predicted octanol–water partition coefficient (Wildman–Crippen LogP) is 1.53. The standard InChI is InChI=1S/C17H25N5O/c1-20-7-9-21(10-8-20)11-12-22-16-14(4-2-6-18-16)19-17(22)15-5-3-13-23-15/h2,4,6,15H,3,5,7-13H2,1H3. The second-order valence-corrected chi connectivity index (χ2v) is 6.61. The van der Waals surface area contributed by atoms with E-state index < -0.39 is 0 Å². The van der Waals surface area contributed by atoms with E-state index in [9.17, 15) is 0 Å². The zero-order chi connectivity index (χ0) is 15.6. The highest BCUT2D eigenvalue weighted by atomic mass is 16.5. The topological polar surface area (TPSA) is 46.4 Å². The van der Waals surface area contributed by atoms with Crippen LogP contribution in [0.15, 0.2) is 18.3 Å². The fourth-order valence-electron chi connectivity index (χ4n) is 3.54. The largest absolute Gasteiger partial charge is 0.370 e. The smallest absolute Gasteiger partial charge is 0.160 e. The third-order valence-corrected chi connectivity index (χ3v) is 4.99. The fourth-order valence-corrected chi connectivity index (χ4v) is 3.54. The highest BCUT2D eigenvalue weighted by Crippen LogP contribution is 2.30. The molecular weight excluding hydrogens is 290 g/mol. The lowest BCUT2D eigenvalue weighted by atomic mass is 10.2. The fraction of sp³-hybridized carbons (Fsp3) is 0.647. The molecule has 4 rings (SSSR count). The summed E-state index contributed by atoms with van der Waals surface area (Å²) in [4.78, 5) is 14.3. The van der Waals surface area contributed by atoms with Crippen molar-refractivity contribution in [2.45, 2.75) is 25.5 Å². The zero-order valence-corrected chi connectivity index (χ0v) is 13.8. The lowest BCUT2D eigenvalue weighted by molar-refractivity contribution is 0.100. The van der Waals surface area contributed by atoms with Gasteiger partial charge in [-0.1, -0.05) is 0 Å². The molecule has 2 aliphatic heterocycles. The molecule has 0 bridgehead atoms. The Bertz CT molecular complexity index is 656. The average Bonchev–Trinajstić information content (AvgIpc) is 3.22. The molecule has 2 aromatic rings. The first kappa shape index (κ1) is 15.1. The van der Waals surface area contributed by atoms with Crippen LogP contribution in [0.1, 0.15) is 24.8 Å². The van der Waals surface area contributed by atoms with Gasteiger partial charge in [0, 0.05) is 52.1 Å². The van der Waals surface area contributed by atoms with Gasteiger partial charge in [-0.15, -0.1) is 0 Å². The zero-order valence-electron chi connectivity index (χ0n) is 13.8. The molecule has 2 aliphatic rings. The van der Waals surface area contributed by atoms with Crippen molar-refractivity contribution in [3.8, 4) is 0 Å². The summed E-state index contributed by atoms with van der Waals surface area (Å²) in [7, 11) is 2.19. The van der Waals surface area contributed by atoms with Crippen LogP contribution in [0.2, 0.25) is 0 Å². The van der Waals surface area contributed by atoms with Gasteiger partial charge in [-0.25, -0.2) is 9.97 Å². The summed E-state index contributed by atoms with van der Waals surface area (Å²) in [5.41, 5.74) is 1.98. The minimum Gasteiger partial charge on any atom is -0.370 e. The lowest BCUT2D eigenvalue weighted by Gasteiger charge is -2.32. The Hall–Kier alpha value is -1.50. The summed E-state index contributed by atoms with van der Waals surface area (Å²) >= 11 is 0. The third kappa shape index (κ3) is 3.11. The Labute approximate surface area is 137 Å². The second-order valence-electron chi connectivity index (χ2n) is 6.61. The number of ether oxygens (including phenoxy) is 1. The summed E-state index contributed by atoms with van der Waals surface area (Å²) in [5, 5.41) is 0. The van der Waals surface area contributed by atoms with E-state index in [0.29, 0.717) is 0 Å². The Kier molecular flexibility index (Phi) is 4.29. The normalized spacial score (nSPS) is 23.8. The van der Waals surface area contributed by atoms with Crippen molar-refractivity contribution >= 4 is 11.2 Å². The lowest BCUT2D eigenvalue weighted by Crippen LogP contribution is -2.45. The SMILES string of the molecule is CN1CCN(CCn2c(C3CCCO3)nc3cccnc32)CC1. The molecule has 0 amide bonds. The highest BCUT2D eigenvalue weighted by Gasteiger charge is 2.25. The van der Waals surface area contributed by atoms with Gasteiger partial charge in [0.1, 0.15) is 17.4 Å². The van der Waals surface area contributed by atoms with Gasteiger partial charge in [0.15, 0.2) is 5.65 Å². The second kappa shape index (κ2) is 6.55. The molecule has 2 saturated heterocycles. The van der Waals surface area contributed by atoms with Gasteiger partial charge < -0.3 is 14.2 Å². The summed E-state index contributed by atoms with van der Waals surface area (Å²) in [6, 6.07) is 4.01. The Morgan fingerprint density at radius 3 is 2.87 bits per heavy atom. The van der Waals surface area contributed by atoms with Crippen molar-refractivity contribution in [3.63, 3.8) is 0 Å². The van der Waals surface area contributed by atoms with Crippen molar-refractivity contribution in [1.29, 1.82) is 0 Å². The number of rotatable bonds is 4. The molecule has 0 radical (unpaired) electrons. The van der Waals surface area contributed by atoms with Crippen LogP contribution in [0, 0.1) is 0 Å². The molecule has 4 heterocycles. The van der Waals surface area contributed by atoms with Crippen LogP contribution in [-0.2, 0) is 11.3 Å². The number of hydrogen-bond acceptors (Lipinski definition) is 5. The molecule has 23 heavy (non-hydrogen) atoms. The highest BCUT2D eigenvalue weighted by molar-refractivity contribution is 5.71. The maximum Gasteiger partial charge on any atom is 0.160 e. The Morgan fingerprint density at radius 1 is 1.22 bits per heavy atom. The Balaban J connectivity index is 1.55. The van der Waals surface area contributed by atoms with Crippen LogP contribution in [0.5, 0.6) is 0 Å². The maximum atomic E-state index is 5.88. The van der Waals surface area contributed by atoms with Gasteiger partial charge >= 0.3 is 0 Å². The monoisotopic (exact) mass is 315 g/mol. The van der Waals surface area contributed by atoms with Crippen LogP contribution >= 0.6 is 0 Å². The van der Waals surface area contributed by atoms with Gasteiger partial charge in [0.05, 0.1) is 0 Å². The van der Waals surface area contributed by atoms with E-state index in [1.54, 1.807) is 0 Å². The molecule has 2 aromatic heterocycles. The molecule has 0 N–H and O–H groups in total. The van der Waals surface area contributed by atoms with E-state index in [4.69, 9.17) is 9.72 Å². The van der Waals surface area contributed by atoms with Crippen LogP contribution in [0.4, 0.5) is 0 Å². The molecule has 0 aliphatic carbocycles. The Morgan fingerprint density at radius 2 is 2.09 bits per heavy atom. The van der Waals surface area contributed by atoms with Gasteiger partial charge in [0.25, 0.3) is 0 Å². The van der Waals surface area contributed by atoms with Crippen LogP contribution in [-0.4, -0.2) is 70.7 Å². The van der Waals surface area contributed by atoms with E-state index >= 15 is 0 Å². The predicted molar refractivity (Wildman–Crippen MR) is 89.4 cm³/mol. The van der Waals surface area contributed by atoms with Crippen molar-refractivity contribution in [3.05, 3.63) is 24.2 Å². The first-order valence-electron chi connectivity index (χ1n) is 8.65. The number of imidazole rings is 1. The van der Waals surface area contributed by atoms with Gasteiger partial charge in [-0.2, -0.15) is 0 Å². The van der Waals surface area contributed by atoms with Crippen LogP contribution in [0.25, 0.3) is 11.2 Å². The van der Waals surface area contributed by atoms with Crippen LogP contribution < -0.4 is 0 Å². The van der Waals surface area contributed by atoms with E-state index in [2.05, 4.69) is 26.4 Å². The molecule has 0 spiro atoms.